The Kier molecular flexibility index (Phi) is 3.70. The van der Waals surface area contributed by atoms with E-state index < -0.39 is 0 Å². The van der Waals surface area contributed by atoms with Crippen LogP contribution in [-0.2, 0) is 0 Å². The third-order valence-corrected chi connectivity index (χ3v) is 6.20. The number of unbranched alkanes of at least 4 members (excludes halogenated alkanes) is 1. The zero-order chi connectivity index (χ0) is 17.5. The van der Waals surface area contributed by atoms with Gasteiger partial charge in [-0.3, -0.25) is 0 Å². The van der Waals surface area contributed by atoms with Crippen LogP contribution in [0.3, 0.4) is 0 Å². The molecule has 126 valence electrons. The summed E-state index contributed by atoms with van der Waals surface area (Å²) in [4.78, 5) is 0. The Bertz CT molecular complexity index is 1210. The molecule has 0 aliphatic carbocycles. The van der Waals surface area contributed by atoms with E-state index >= 15 is 0 Å². The first-order chi connectivity index (χ1) is 12.9. The normalized spacial score (nSPS) is 13.1. The fraction of sp³-hybridized carbons (Fsp3) is 0.174. The molecule has 0 saturated heterocycles. The van der Waals surface area contributed by atoms with Gasteiger partial charge in [0.05, 0.1) is 0 Å². The lowest BCUT2D eigenvalue weighted by molar-refractivity contribution is -0.431. The van der Waals surface area contributed by atoms with Crippen molar-refractivity contribution in [3.8, 4) is 0 Å². The van der Waals surface area contributed by atoms with Crippen LogP contribution in [0.5, 0.6) is 0 Å². The zero-order valence-electron chi connectivity index (χ0n) is 14.8. The fourth-order valence-corrected chi connectivity index (χ4v) is 4.89. The first kappa shape index (κ1) is 15.5. The Labute approximate surface area is 157 Å². The summed E-state index contributed by atoms with van der Waals surface area (Å²) in [6.07, 6.45) is 2.36. The molecule has 0 fully saturated rings. The second-order valence-electron chi connectivity index (χ2n) is 6.68. The minimum atomic E-state index is 1.01. The Morgan fingerprint density at radius 2 is 1.54 bits per heavy atom. The second kappa shape index (κ2) is 6.21. The molecule has 2 nitrogen and oxygen atoms in total. The van der Waals surface area contributed by atoms with Crippen LogP contribution in [0.2, 0.25) is 0 Å². The first-order valence-electron chi connectivity index (χ1n) is 9.20. The van der Waals surface area contributed by atoms with Crippen molar-refractivity contribution >= 4 is 54.6 Å². The molecule has 0 unspecified atom stereocenters. The molecule has 0 spiro atoms. The summed E-state index contributed by atoms with van der Waals surface area (Å²) in [5.41, 5.74) is 3.68. The number of benzene rings is 3. The van der Waals surface area contributed by atoms with Crippen molar-refractivity contribution in [1.82, 2.24) is 4.58 Å². The van der Waals surface area contributed by atoms with Crippen LogP contribution < -0.4 is 4.58 Å². The van der Waals surface area contributed by atoms with Gasteiger partial charge in [-0.25, -0.2) is 0 Å². The highest BCUT2D eigenvalue weighted by atomic mass is 32.1. The van der Waals surface area contributed by atoms with Crippen molar-refractivity contribution in [2.75, 3.05) is 6.54 Å². The predicted molar refractivity (Wildman–Crippen MR) is 112 cm³/mol. The van der Waals surface area contributed by atoms with Crippen LogP contribution in [0.25, 0.3) is 20.2 Å². The minimum Gasteiger partial charge on any atom is -0.128 e. The summed E-state index contributed by atoms with van der Waals surface area (Å²) < 4.78 is 7.17. The van der Waals surface area contributed by atoms with Gasteiger partial charge in [0.15, 0.2) is 6.54 Å². The quantitative estimate of drug-likeness (QED) is 0.367. The number of fused-ring (bicyclic) bond motifs is 4. The lowest BCUT2D eigenvalue weighted by atomic mass is 10.1. The third-order valence-electron chi connectivity index (χ3n) is 4.99. The Morgan fingerprint density at radius 1 is 0.808 bits per heavy atom. The molecule has 0 radical (unpaired) electrons. The second-order valence-corrected chi connectivity index (χ2v) is 7.73. The smallest absolute Gasteiger partial charge is 0.128 e. The average Bonchev–Trinajstić information content (AvgIpc) is 3.25. The predicted octanol–water partition coefficient (Wildman–Crippen LogP) is 6.52. The van der Waals surface area contributed by atoms with Crippen molar-refractivity contribution in [3.05, 3.63) is 66.7 Å². The Balaban J connectivity index is 1.78. The minimum absolute atomic E-state index is 1.01. The van der Waals surface area contributed by atoms with E-state index in [9.17, 15) is 0 Å². The van der Waals surface area contributed by atoms with E-state index in [0.717, 1.165) is 6.54 Å². The molecule has 4 aromatic rings. The molecule has 1 aliphatic rings. The maximum absolute atomic E-state index is 3.62. The summed E-state index contributed by atoms with van der Waals surface area (Å²) >= 11 is 1.87. The van der Waals surface area contributed by atoms with E-state index in [2.05, 4.69) is 88.8 Å². The lowest BCUT2D eigenvalue weighted by Crippen LogP contribution is -2.04. The van der Waals surface area contributed by atoms with Crippen molar-refractivity contribution in [1.29, 1.82) is 0 Å². The summed E-state index contributed by atoms with van der Waals surface area (Å²) in [7, 11) is 0. The summed E-state index contributed by atoms with van der Waals surface area (Å²) in [6.45, 7) is 3.24. The molecular formula is C23H20N2S+2. The highest BCUT2D eigenvalue weighted by Crippen LogP contribution is 2.42. The molecular weight excluding hydrogens is 336 g/mol. The maximum Gasteiger partial charge on any atom is 0.496 e. The molecule has 1 aliphatic heterocycles. The summed E-state index contributed by atoms with van der Waals surface area (Å²) in [5, 5.41) is 2.67. The van der Waals surface area contributed by atoms with E-state index in [1.807, 2.05) is 11.3 Å². The highest BCUT2D eigenvalue weighted by molar-refractivity contribution is 7.26. The number of nitrogens with zero attached hydrogens (tertiary/aromatic N) is 2. The molecule has 0 amide bonds. The van der Waals surface area contributed by atoms with Gasteiger partial charge in [-0.2, -0.15) is 0 Å². The van der Waals surface area contributed by atoms with Gasteiger partial charge >= 0.3 is 6.01 Å². The lowest BCUT2D eigenvalue weighted by Gasteiger charge is -1.97. The molecule has 2 heterocycles. The number of hydrogen-bond donors (Lipinski definition) is 0. The topological polar surface area (TPSA) is 6.02 Å². The molecule has 0 bridgehead atoms. The van der Waals surface area contributed by atoms with Gasteiger partial charge in [0.1, 0.15) is 4.70 Å². The molecule has 3 heteroatoms. The highest BCUT2D eigenvalue weighted by Gasteiger charge is 2.35. The first-order valence-corrected chi connectivity index (χ1v) is 10.0. The Hall–Kier alpha value is -2.74. The van der Waals surface area contributed by atoms with E-state index in [0.29, 0.717) is 0 Å². The zero-order valence-corrected chi connectivity index (χ0v) is 15.6. The third kappa shape index (κ3) is 2.33. The van der Waals surface area contributed by atoms with Gasteiger partial charge in [-0.15, -0.1) is 11.3 Å². The fourth-order valence-electron chi connectivity index (χ4n) is 3.69. The van der Waals surface area contributed by atoms with Crippen LogP contribution in [-0.4, -0.2) is 17.1 Å². The van der Waals surface area contributed by atoms with Crippen molar-refractivity contribution in [2.45, 2.75) is 19.8 Å². The van der Waals surface area contributed by atoms with Gasteiger partial charge in [0.25, 0.3) is 11.4 Å². The maximum atomic E-state index is 3.62. The van der Waals surface area contributed by atoms with E-state index in [1.165, 1.54) is 50.1 Å². The van der Waals surface area contributed by atoms with Gasteiger partial charge in [-0.05, 0) is 10.6 Å². The average molecular weight is 356 g/mol. The van der Waals surface area contributed by atoms with E-state index in [1.54, 1.807) is 0 Å². The molecule has 0 N–H and O–H groups in total. The standard InChI is InChI=1S/C23H20N2S/c1-2-3-15-24-16-25(20-12-6-5-11-19(20)24)21-13-8-10-18-17-9-4-7-14-22(17)26-23(18)21/h4-14H,2-3,15H2,1H3/q+2. The van der Waals surface area contributed by atoms with Gasteiger partial charge < -0.3 is 0 Å². The number of rotatable bonds is 4. The largest absolute Gasteiger partial charge is 0.496 e. The summed E-state index contributed by atoms with van der Waals surface area (Å²) in [5.74, 6) is 0. The van der Waals surface area contributed by atoms with Crippen molar-refractivity contribution in [2.24, 2.45) is 0 Å². The van der Waals surface area contributed by atoms with Crippen LogP contribution in [0, 0.1) is 0 Å². The van der Waals surface area contributed by atoms with Crippen LogP contribution in [0.4, 0.5) is 17.1 Å². The molecule has 0 saturated carbocycles. The van der Waals surface area contributed by atoms with Crippen molar-refractivity contribution < 1.29 is 4.58 Å². The van der Waals surface area contributed by atoms with Gasteiger partial charge in [-0.1, -0.05) is 60.4 Å². The van der Waals surface area contributed by atoms with Crippen LogP contribution >= 0.6 is 11.3 Å². The SMILES string of the molecule is CCCC[N+]1=C=[N+](c2cccc3c2sc2ccccc23)c2ccccc21. The molecule has 3 aromatic carbocycles. The number of hydrogen-bond acceptors (Lipinski definition) is 1. The molecule has 5 rings (SSSR count). The van der Waals surface area contributed by atoms with E-state index in [4.69, 9.17) is 0 Å². The van der Waals surface area contributed by atoms with E-state index in [-0.39, 0.29) is 0 Å². The molecule has 0 atom stereocenters. The summed E-state index contributed by atoms with van der Waals surface area (Å²) in [6, 6.07) is 27.5. The van der Waals surface area contributed by atoms with Gasteiger partial charge in [0.2, 0.25) is 5.69 Å². The Morgan fingerprint density at radius 3 is 2.42 bits per heavy atom. The monoisotopic (exact) mass is 356 g/mol. The molecule has 26 heavy (non-hydrogen) atoms. The van der Waals surface area contributed by atoms with Crippen molar-refractivity contribution in [3.63, 3.8) is 0 Å². The molecule has 1 aromatic heterocycles. The van der Waals surface area contributed by atoms with Crippen LogP contribution in [0.1, 0.15) is 19.8 Å². The van der Waals surface area contributed by atoms with Gasteiger partial charge in [0, 0.05) is 40.1 Å². The van der Waals surface area contributed by atoms with Crippen LogP contribution in [0.15, 0.2) is 66.7 Å². The number of thiophene rings is 1. The number of para-hydroxylation sites is 2.